The molecule has 0 aliphatic carbocycles. The van der Waals surface area contributed by atoms with Crippen molar-refractivity contribution in [3.63, 3.8) is 0 Å². The summed E-state index contributed by atoms with van der Waals surface area (Å²) < 4.78 is 39.1. The predicted molar refractivity (Wildman–Crippen MR) is 124 cm³/mol. The molecule has 3 aromatic carbocycles. The number of barbiturate groups is 1. The average Bonchev–Trinajstić information content (AvgIpc) is 2.83. The number of halogens is 3. The number of nitrogens with zero attached hydrogens (tertiary/aromatic N) is 1. The maximum Gasteiger partial charge on any atom is 0.336 e. The highest BCUT2D eigenvalue weighted by Crippen LogP contribution is 2.38. The van der Waals surface area contributed by atoms with Crippen molar-refractivity contribution in [3.05, 3.63) is 94.0 Å². The zero-order valence-electron chi connectivity index (χ0n) is 18.2. The van der Waals surface area contributed by atoms with Crippen LogP contribution in [0.25, 0.3) is 6.08 Å². The molecule has 0 atom stereocenters. The standard InChI is InChI=1S/C25H17ClF2N2O5/c1-34-21-12-14(11-17(26)22(21)35-13-15-6-2-3-7-18(15)27)10-16-23(31)29-25(33)30(24(16)32)20-9-5-4-8-19(20)28/h2-12H,13H2,1H3,(H,29,31,33)/b16-10-. The van der Waals surface area contributed by atoms with Gasteiger partial charge in [-0.25, -0.2) is 18.5 Å². The number of benzene rings is 3. The number of hydrogen-bond acceptors (Lipinski definition) is 5. The van der Waals surface area contributed by atoms with E-state index in [1.807, 2.05) is 5.32 Å². The Hall–Kier alpha value is -4.24. The summed E-state index contributed by atoms with van der Waals surface area (Å²) in [5.74, 6) is -2.94. The molecular weight excluding hydrogens is 482 g/mol. The molecule has 10 heteroatoms. The number of methoxy groups -OCH3 is 1. The number of anilines is 1. The van der Waals surface area contributed by atoms with Crippen LogP contribution in [0.5, 0.6) is 11.5 Å². The van der Waals surface area contributed by atoms with Crippen LogP contribution in [0.4, 0.5) is 19.3 Å². The fraction of sp³-hybridized carbons (Fsp3) is 0.0800. The van der Waals surface area contributed by atoms with Crippen LogP contribution >= 0.6 is 11.6 Å². The van der Waals surface area contributed by atoms with Gasteiger partial charge in [-0.15, -0.1) is 0 Å². The van der Waals surface area contributed by atoms with Gasteiger partial charge in [-0.3, -0.25) is 14.9 Å². The Morgan fingerprint density at radius 3 is 2.37 bits per heavy atom. The molecule has 1 aliphatic heterocycles. The molecule has 4 rings (SSSR count). The lowest BCUT2D eigenvalue weighted by Crippen LogP contribution is -2.54. The van der Waals surface area contributed by atoms with Gasteiger partial charge in [0, 0.05) is 5.56 Å². The first-order chi connectivity index (χ1) is 16.8. The van der Waals surface area contributed by atoms with Crippen LogP contribution in [-0.2, 0) is 16.2 Å². The highest BCUT2D eigenvalue weighted by Gasteiger charge is 2.38. The van der Waals surface area contributed by atoms with Crippen molar-refractivity contribution in [2.75, 3.05) is 12.0 Å². The second kappa shape index (κ2) is 9.94. The first-order valence-corrected chi connectivity index (χ1v) is 10.6. The van der Waals surface area contributed by atoms with E-state index in [-0.39, 0.29) is 34.4 Å². The topological polar surface area (TPSA) is 84.9 Å². The molecule has 1 saturated heterocycles. The van der Waals surface area contributed by atoms with Gasteiger partial charge in [-0.2, -0.15) is 0 Å². The zero-order chi connectivity index (χ0) is 25.1. The van der Waals surface area contributed by atoms with E-state index in [0.717, 1.165) is 6.07 Å². The van der Waals surface area contributed by atoms with Gasteiger partial charge in [0.05, 0.1) is 17.8 Å². The molecule has 0 bridgehead atoms. The largest absolute Gasteiger partial charge is 0.493 e. The molecule has 1 N–H and O–H groups in total. The van der Waals surface area contributed by atoms with Gasteiger partial charge in [-0.05, 0) is 42.0 Å². The van der Waals surface area contributed by atoms with Crippen LogP contribution in [-0.4, -0.2) is 25.0 Å². The first-order valence-electron chi connectivity index (χ1n) is 10.2. The van der Waals surface area contributed by atoms with Crippen molar-refractivity contribution in [1.82, 2.24) is 5.32 Å². The minimum absolute atomic E-state index is 0.0678. The van der Waals surface area contributed by atoms with Crippen molar-refractivity contribution >= 4 is 41.2 Å². The number of amides is 4. The zero-order valence-corrected chi connectivity index (χ0v) is 18.9. The molecule has 1 aliphatic rings. The second-order valence-corrected chi connectivity index (χ2v) is 7.73. The normalized spacial score (nSPS) is 14.8. The number of para-hydroxylation sites is 1. The second-order valence-electron chi connectivity index (χ2n) is 7.32. The molecule has 178 valence electrons. The SMILES string of the molecule is COc1cc(/C=C2/C(=O)NC(=O)N(c3ccccc3F)C2=O)cc(Cl)c1OCc1ccccc1F. The summed E-state index contributed by atoms with van der Waals surface area (Å²) in [6.07, 6.45) is 1.19. The van der Waals surface area contributed by atoms with Crippen LogP contribution in [0.1, 0.15) is 11.1 Å². The van der Waals surface area contributed by atoms with E-state index in [1.54, 1.807) is 18.2 Å². The summed E-state index contributed by atoms with van der Waals surface area (Å²) in [7, 11) is 1.36. The molecule has 35 heavy (non-hydrogen) atoms. The van der Waals surface area contributed by atoms with Crippen molar-refractivity contribution in [3.8, 4) is 11.5 Å². The summed E-state index contributed by atoms with van der Waals surface area (Å²) in [6, 6.07) is 13.0. The van der Waals surface area contributed by atoms with Gasteiger partial charge >= 0.3 is 6.03 Å². The van der Waals surface area contributed by atoms with E-state index in [9.17, 15) is 23.2 Å². The van der Waals surface area contributed by atoms with E-state index in [2.05, 4.69) is 0 Å². The van der Waals surface area contributed by atoms with Gasteiger partial charge < -0.3 is 9.47 Å². The molecule has 0 unspecified atom stereocenters. The maximum atomic E-state index is 14.2. The predicted octanol–water partition coefficient (Wildman–Crippen LogP) is 4.87. The summed E-state index contributed by atoms with van der Waals surface area (Å²) >= 11 is 6.35. The molecular formula is C25H17ClF2N2O5. The van der Waals surface area contributed by atoms with E-state index in [0.29, 0.717) is 10.5 Å². The Kier molecular flexibility index (Phi) is 6.79. The molecule has 1 heterocycles. The van der Waals surface area contributed by atoms with Gasteiger partial charge in [-0.1, -0.05) is 41.9 Å². The Morgan fingerprint density at radius 1 is 1.00 bits per heavy atom. The highest BCUT2D eigenvalue weighted by atomic mass is 35.5. The molecule has 0 aromatic heterocycles. The Bertz CT molecular complexity index is 1380. The van der Waals surface area contributed by atoms with Crippen LogP contribution in [0.15, 0.2) is 66.2 Å². The number of carbonyl (C=O) groups is 3. The maximum absolute atomic E-state index is 14.2. The molecule has 0 saturated carbocycles. The van der Waals surface area contributed by atoms with E-state index in [1.165, 1.54) is 49.6 Å². The summed E-state index contributed by atoms with van der Waals surface area (Å²) in [6.45, 7) is -0.121. The molecule has 7 nitrogen and oxygen atoms in total. The van der Waals surface area contributed by atoms with Gasteiger partial charge in [0.1, 0.15) is 23.8 Å². The van der Waals surface area contributed by atoms with E-state index >= 15 is 0 Å². The van der Waals surface area contributed by atoms with Crippen LogP contribution in [0, 0.1) is 11.6 Å². The Labute approximate surface area is 203 Å². The summed E-state index contributed by atoms with van der Waals surface area (Å²) in [5.41, 5.74) is -0.155. The van der Waals surface area contributed by atoms with Crippen LogP contribution < -0.4 is 19.7 Å². The van der Waals surface area contributed by atoms with Crippen molar-refractivity contribution in [2.24, 2.45) is 0 Å². The minimum atomic E-state index is -1.07. The monoisotopic (exact) mass is 498 g/mol. The third-order valence-corrected chi connectivity index (χ3v) is 5.37. The fourth-order valence-electron chi connectivity index (χ4n) is 3.40. The van der Waals surface area contributed by atoms with Gasteiger partial charge in [0.2, 0.25) is 0 Å². The Balaban J connectivity index is 1.66. The Morgan fingerprint density at radius 2 is 1.69 bits per heavy atom. The number of urea groups is 1. The lowest BCUT2D eigenvalue weighted by molar-refractivity contribution is -0.122. The molecule has 3 aromatic rings. The van der Waals surface area contributed by atoms with Crippen LogP contribution in [0.3, 0.4) is 0 Å². The summed E-state index contributed by atoms with van der Waals surface area (Å²) in [5, 5.41) is 2.09. The van der Waals surface area contributed by atoms with Crippen LogP contribution in [0.2, 0.25) is 5.02 Å². The lowest BCUT2D eigenvalue weighted by atomic mass is 10.1. The number of ether oxygens (including phenoxy) is 2. The van der Waals surface area contributed by atoms with E-state index < -0.39 is 35.1 Å². The average molecular weight is 499 g/mol. The van der Waals surface area contributed by atoms with Gasteiger partial charge in [0.25, 0.3) is 11.8 Å². The quantitative estimate of drug-likeness (QED) is 0.387. The summed E-state index contributed by atoms with van der Waals surface area (Å²) in [4.78, 5) is 38.2. The number of rotatable bonds is 6. The number of nitrogens with one attached hydrogen (secondary N) is 1. The van der Waals surface area contributed by atoms with E-state index in [4.69, 9.17) is 21.1 Å². The van der Waals surface area contributed by atoms with Crippen molar-refractivity contribution < 1.29 is 32.6 Å². The minimum Gasteiger partial charge on any atom is -0.493 e. The molecule has 0 spiro atoms. The number of carbonyl (C=O) groups excluding carboxylic acids is 3. The first kappa shape index (κ1) is 23.9. The molecule has 0 radical (unpaired) electrons. The molecule has 1 fully saturated rings. The number of imide groups is 2. The van der Waals surface area contributed by atoms with Crippen molar-refractivity contribution in [1.29, 1.82) is 0 Å². The smallest absolute Gasteiger partial charge is 0.336 e. The number of hydrogen-bond donors (Lipinski definition) is 1. The molecule has 4 amide bonds. The third-order valence-electron chi connectivity index (χ3n) is 5.09. The highest BCUT2D eigenvalue weighted by molar-refractivity contribution is 6.39. The fourth-order valence-corrected chi connectivity index (χ4v) is 3.68. The lowest BCUT2D eigenvalue weighted by Gasteiger charge is -2.26. The van der Waals surface area contributed by atoms with Gasteiger partial charge in [0.15, 0.2) is 11.5 Å². The van der Waals surface area contributed by atoms with Crippen molar-refractivity contribution in [2.45, 2.75) is 6.61 Å². The third kappa shape index (κ3) is 4.85.